The SMILES string of the molecule is Cc1cccc2c1n(-c1ccc(S(C)(=O)=O)cc1)c(=O)n2CCN1CCC(C(=O)c2ccc(F)cc2)CC1. The molecular formula is C29H30FN3O4S. The lowest BCUT2D eigenvalue weighted by molar-refractivity contribution is 0.0837. The van der Waals surface area contributed by atoms with Crippen LogP contribution in [0.2, 0.25) is 0 Å². The second kappa shape index (κ2) is 10.3. The minimum absolute atomic E-state index is 0.0568. The third kappa shape index (κ3) is 5.08. The summed E-state index contributed by atoms with van der Waals surface area (Å²) in [6, 6.07) is 17.9. The number of fused-ring (bicyclic) bond motifs is 1. The van der Waals surface area contributed by atoms with Crippen molar-refractivity contribution < 1.29 is 17.6 Å². The molecule has 9 heteroatoms. The van der Waals surface area contributed by atoms with Crippen LogP contribution in [0.1, 0.15) is 28.8 Å². The number of aromatic nitrogens is 2. The van der Waals surface area contributed by atoms with Crippen LogP contribution in [0.4, 0.5) is 4.39 Å². The first-order valence-electron chi connectivity index (χ1n) is 12.7. The average Bonchev–Trinajstić information content (AvgIpc) is 3.19. The molecule has 1 aliphatic rings. The molecule has 0 amide bonds. The maximum absolute atomic E-state index is 13.6. The highest BCUT2D eigenvalue weighted by molar-refractivity contribution is 7.90. The van der Waals surface area contributed by atoms with Crippen molar-refractivity contribution in [3.63, 3.8) is 0 Å². The first-order chi connectivity index (χ1) is 18.1. The predicted molar refractivity (Wildman–Crippen MR) is 145 cm³/mol. The number of carbonyl (C=O) groups is 1. The lowest BCUT2D eigenvalue weighted by Gasteiger charge is -2.31. The maximum atomic E-state index is 13.6. The number of piperidine rings is 1. The second-order valence-corrected chi connectivity index (χ2v) is 12.0. The van der Waals surface area contributed by atoms with Crippen molar-refractivity contribution in [2.75, 3.05) is 25.9 Å². The van der Waals surface area contributed by atoms with Crippen molar-refractivity contribution in [2.24, 2.45) is 5.92 Å². The monoisotopic (exact) mass is 535 g/mol. The smallest absolute Gasteiger partial charge is 0.302 e. The van der Waals surface area contributed by atoms with Crippen LogP contribution in [0.25, 0.3) is 16.7 Å². The molecule has 1 saturated heterocycles. The Morgan fingerprint density at radius 1 is 0.947 bits per heavy atom. The summed E-state index contributed by atoms with van der Waals surface area (Å²) in [4.78, 5) is 28.9. The Bertz CT molecular complexity index is 1650. The molecule has 1 aromatic heterocycles. The topological polar surface area (TPSA) is 81.4 Å². The highest BCUT2D eigenvalue weighted by Gasteiger charge is 2.26. The number of sulfone groups is 1. The van der Waals surface area contributed by atoms with Gasteiger partial charge in [0.25, 0.3) is 0 Å². The van der Waals surface area contributed by atoms with Gasteiger partial charge in [0.15, 0.2) is 15.6 Å². The van der Waals surface area contributed by atoms with Crippen LogP contribution >= 0.6 is 0 Å². The number of likely N-dealkylation sites (tertiary alicyclic amines) is 1. The Kier molecular flexibility index (Phi) is 7.07. The maximum Gasteiger partial charge on any atom is 0.333 e. The van der Waals surface area contributed by atoms with E-state index in [9.17, 15) is 22.4 Å². The van der Waals surface area contributed by atoms with Crippen molar-refractivity contribution in [1.82, 2.24) is 14.0 Å². The molecule has 38 heavy (non-hydrogen) atoms. The number of para-hydroxylation sites is 1. The van der Waals surface area contributed by atoms with E-state index in [4.69, 9.17) is 0 Å². The zero-order valence-corrected chi connectivity index (χ0v) is 22.2. The molecule has 0 unspecified atom stereocenters. The normalized spacial score (nSPS) is 15.2. The quantitative estimate of drug-likeness (QED) is 0.331. The average molecular weight is 536 g/mol. The Morgan fingerprint density at radius 3 is 2.24 bits per heavy atom. The summed E-state index contributed by atoms with van der Waals surface area (Å²) in [7, 11) is -3.34. The molecule has 0 saturated carbocycles. The number of carbonyl (C=O) groups excluding carboxylic acids is 1. The van der Waals surface area contributed by atoms with E-state index in [2.05, 4.69) is 4.90 Å². The molecular weight excluding hydrogens is 505 g/mol. The van der Waals surface area contributed by atoms with Gasteiger partial charge in [-0.1, -0.05) is 12.1 Å². The third-order valence-corrected chi connectivity index (χ3v) is 8.53. The number of hydrogen-bond acceptors (Lipinski definition) is 5. The van der Waals surface area contributed by atoms with Gasteiger partial charge >= 0.3 is 5.69 Å². The summed E-state index contributed by atoms with van der Waals surface area (Å²) >= 11 is 0. The Labute approximate surface area is 221 Å². The van der Waals surface area contributed by atoms with Gasteiger partial charge in [0.05, 0.1) is 21.6 Å². The molecule has 4 aromatic rings. The number of aryl methyl sites for hydroxylation is 1. The fraction of sp³-hybridized carbons (Fsp3) is 0.310. The van der Waals surface area contributed by atoms with Gasteiger partial charge in [-0.2, -0.15) is 0 Å². The molecule has 5 rings (SSSR count). The number of Topliss-reactive ketones (excluding diaryl/α,β-unsaturated/α-hetero) is 1. The van der Waals surface area contributed by atoms with Crippen molar-refractivity contribution in [1.29, 1.82) is 0 Å². The number of imidazole rings is 1. The van der Waals surface area contributed by atoms with Gasteiger partial charge in [0.2, 0.25) is 0 Å². The summed E-state index contributed by atoms with van der Waals surface area (Å²) < 4.78 is 40.4. The van der Waals surface area contributed by atoms with E-state index in [1.54, 1.807) is 33.4 Å². The molecule has 0 atom stereocenters. The van der Waals surface area contributed by atoms with E-state index in [-0.39, 0.29) is 28.1 Å². The van der Waals surface area contributed by atoms with Gasteiger partial charge in [-0.25, -0.2) is 17.6 Å². The summed E-state index contributed by atoms with van der Waals surface area (Å²) in [6.07, 6.45) is 2.60. The molecule has 7 nitrogen and oxygen atoms in total. The molecule has 0 spiro atoms. The number of halogens is 1. The molecule has 0 N–H and O–H groups in total. The van der Waals surface area contributed by atoms with Crippen LogP contribution in [0.5, 0.6) is 0 Å². The molecule has 198 valence electrons. The first-order valence-corrected chi connectivity index (χ1v) is 14.6. The third-order valence-electron chi connectivity index (χ3n) is 7.40. The van der Waals surface area contributed by atoms with E-state index >= 15 is 0 Å². The lowest BCUT2D eigenvalue weighted by atomic mass is 9.89. The van der Waals surface area contributed by atoms with Crippen molar-refractivity contribution in [3.8, 4) is 5.69 Å². The number of benzene rings is 3. The van der Waals surface area contributed by atoms with Crippen molar-refractivity contribution >= 4 is 26.7 Å². The summed E-state index contributed by atoms with van der Waals surface area (Å²) in [5.41, 5.74) is 3.55. The van der Waals surface area contributed by atoms with Crippen LogP contribution in [0, 0.1) is 18.7 Å². The lowest BCUT2D eigenvalue weighted by Crippen LogP contribution is -2.39. The minimum Gasteiger partial charge on any atom is -0.302 e. The highest BCUT2D eigenvalue weighted by atomic mass is 32.2. The van der Waals surface area contributed by atoms with Crippen LogP contribution in [-0.4, -0.2) is 54.1 Å². The van der Waals surface area contributed by atoms with Gasteiger partial charge < -0.3 is 4.90 Å². The zero-order valence-electron chi connectivity index (χ0n) is 21.4. The van der Waals surface area contributed by atoms with Crippen LogP contribution in [-0.2, 0) is 16.4 Å². The number of nitrogens with zero attached hydrogens (tertiary/aromatic N) is 3. The van der Waals surface area contributed by atoms with E-state index in [0.717, 1.165) is 48.8 Å². The Hall–Kier alpha value is -3.56. The predicted octanol–water partition coefficient (Wildman–Crippen LogP) is 4.24. The molecule has 1 aliphatic heterocycles. The largest absolute Gasteiger partial charge is 0.333 e. The molecule has 1 fully saturated rings. The van der Waals surface area contributed by atoms with Gasteiger partial charge in [-0.15, -0.1) is 0 Å². The standard InChI is InChI=1S/C29H30FN3O4S/c1-20-4-3-5-26-27(20)33(24-10-12-25(13-11-24)38(2,36)37)29(35)32(26)19-18-31-16-14-22(15-17-31)28(34)21-6-8-23(30)9-7-21/h3-13,22H,14-19H2,1-2H3. The fourth-order valence-corrected chi connectivity index (χ4v) is 5.91. The summed E-state index contributed by atoms with van der Waals surface area (Å²) in [5, 5.41) is 0. The van der Waals surface area contributed by atoms with Gasteiger partial charge in [-0.3, -0.25) is 13.9 Å². The highest BCUT2D eigenvalue weighted by Crippen LogP contribution is 2.24. The van der Waals surface area contributed by atoms with Crippen molar-refractivity contribution in [2.45, 2.75) is 31.2 Å². The second-order valence-electron chi connectivity index (χ2n) is 9.97. The van der Waals surface area contributed by atoms with Crippen molar-refractivity contribution in [3.05, 3.63) is 94.2 Å². The number of hydrogen-bond donors (Lipinski definition) is 0. The summed E-state index contributed by atoms with van der Waals surface area (Å²) in [5.74, 6) is -0.380. The first kappa shape index (κ1) is 26.1. The van der Waals surface area contributed by atoms with E-state index < -0.39 is 9.84 Å². The Balaban J connectivity index is 1.34. The van der Waals surface area contributed by atoms with Crippen LogP contribution in [0.3, 0.4) is 0 Å². The van der Waals surface area contributed by atoms with E-state index in [0.29, 0.717) is 24.3 Å². The molecule has 0 radical (unpaired) electrons. The Morgan fingerprint density at radius 2 is 1.61 bits per heavy atom. The fourth-order valence-electron chi connectivity index (χ4n) is 5.28. The molecule has 0 aliphatic carbocycles. The van der Waals surface area contributed by atoms with Crippen LogP contribution in [0.15, 0.2) is 76.4 Å². The minimum atomic E-state index is -3.34. The summed E-state index contributed by atoms with van der Waals surface area (Å²) in [6.45, 7) is 4.60. The van der Waals surface area contributed by atoms with Gasteiger partial charge in [0, 0.05) is 30.8 Å². The number of rotatable bonds is 7. The molecule has 0 bridgehead atoms. The van der Waals surface area contributed by atoms with Gasteiger partial charge in [0.1, 0.15) is 5.82 Å². The molecule has 2 heterocycles. The van der Waals surface area contributed by atoms with Gasteiger partial charge in [-0.05, 0) is 93.0 Å². The number of ketones is 1. The molecule has 3 aromatic carbocycles. The van der Waals surface area contributed by atoms with E-state index in [1.165, 1.54) is 24.3 Å². The van der Waals surface area contributed by atoms with E-state index in [1.807, 2.05) is 25.1 Å². The zero-order chi connectivity index (χ0) is 27.0. The van der Waals surface area contributed by atoms with Crippen LogP contribution < -0.4 is 5.69 Å².